The van der Waals surface area contributed by atoms with E-state index in [0.29, 0.717) is 18.1 Å². The maximum Gasteiger partial charge on any atom is 0.251 e. The van der Waals surface area contributed by atoms with Crippen LogP contribution in [0.1, 0.15) is 72.9 Å². The van der Waals surface area contributed by atoms with Gasteiger partial charge in [-0.3, -0.25) is 4.79 Å². The molecule has 4 aromatic rings. The Morgan fingerprint density at radius 2 is 1.76 bits per heavy atom. The number of fused-ring (bicyclic) bond motifs is 1. The van der Waals surface area contributed by atoms with Crippen molar-refractivity contribution in [1.29, 1.82) is 0 Å². The number of para-hydroxylation sites is 2. The number of methoxy groups -OCH3 is 1. The van der Waals surface area contributed by atoms with Gasteiger partial charge in [0.1, 0.15) is 17.3 Å². The van der Waals surface area contributed by atoms with Gasteiger partial charge < -0.3 is 19.4 Å². The number of carbonyl (C=O) groups is 1. The molecule has 3 aromatic carbocycles. The molecule has 0 aliphatic heterocycles. The summed E-state index contributed by atoms with van der Waals surface area (Å²) in [5.41, 5.74) is 5.05. The molecule has 0 saturated carbocycles. The number of ether oxygens (including phenoxy) is 2. The molecule has 0 saturated heterocycles. The largest absolute Gasteiger partial charge is 0.497 e. The molecule has 0 spiro atoms. The fourth-order valence-corrected chi connectivity index (χ4v) is 4.54. The minimum absolute atomic E-state index is 0.138. The smallest absolute Gasteiger partial charge is 0.251 e. The number of benzene rings is 3. The summed E-state index contributed by atoms with van der Waals surface area (Å²) >= 11 is 0. The molecule has 37 heavy (non-hydrogen) atoms. The summed E-state index contributed by atoms with van der Waals surface area (Å²) in [5, 5.41) is 3.11. The highest BCUT2D eigenvalue weighted by Crippen LogP contribution is 2.28. The summed E-state index contributed by atoms with van der Waals surface area (Å²) in [5.74, 6) is 2.84. The number of aromatic nitrogens is 2. The number of aryl methyl sites for hydroxylation is 2. The van der Waals surface area contributed by atoms with Crippen molar-refractivity contribution in [3.05, 3.63) is 89.2 Å². The van der Waals surface area contributed by atoms with Crippen LogP contribution < -0.4 is 14.8 Å². The lowest BCUT2D eigenvalue weighted by molar-refractivity contribution is 0.0937. The first kappa shape index (κ1) is 26.3. The second kappa shape index (κ2) is 12.0. The van der Waals surface area contributed by atoms with E-state index in [-0.39, 0.29) is 11.9 Å². The minimum Gasteiger partial charge on any atom is -0.497 e. The third-order valence-electron chi connectivity index (χ3n) is 6.60. The third kappa shape index (κ3) is 6.31. The first-order valence-corrected chi connectivity index (χ1v) is 13.0. The van der Waals surface area contributed by atoms with Crippen molar-refractivity contribution < 1.29 is 14.3 Å². The van der Waals surface area contributed by atoms with Gasteiger partial charge in [0, 0.05) is 12.1 Å². The van der Waals surface area contributed by atoms with Crippen molar-refractivity contribution in [2.24, 2.45) is 0 Å². The van der Waals surface area contributed by atoms with E-state index in [1.54, 1.807) is 31.4 Å². The fourth-order valence-electron chi connectivity index (χ4n) is 4.54. The number of imidazole rings is 1. The lowest BCUT2D eigenvalue weighted by Gasteiger charge is -2.17. The number of hydrogen-bond acceptors (Lipinski definition) is 4. The molecule has 194 valence electrons. The van der Waals surface area contributed by atoms with Gasteiger partial charge in [-0.1, -0.05) is 38.1 Å². The quantitative estimate of drug-likeness (QED) is 0.230. The highest BCUT2D eigenvalue weighted by molar-refractivity contribution is 5.94. The second-order valence-electron chi connectivity index (χ2n) is 9.79. The van der Waals surface area contributed by atoms with Crippen LogP contribution in [-0.4, -0.2) is 29.2 Å². The lowest BCUT2D eigenvalue weighted by Crippen LogP contribution is -2.28. The Hall–Kier alpha value is -3.80. The number of nitrogens with zero attached hydrogens (tertiary/aromatic N) is 2. The summed E-state index contributed by atoms with van der Waals surface area (Å²) in [6.07, 6.45) is 1.86. The van der Waals surface area contributed by atoms with E-state index >= 15 is 0 Å². The third-order valence-corrected chi connectivity index (χ3v) is 6.60. The van der Waals surface area contributed by atoms with Gasteiger partial charge in [0.25, 0.3) is 5.91 Å². The van der Waals surface area contributed by atoms with Crippen LogP contribution in [0.25, 0.3) is 11.0 Å². The number of rotatable bonds is 11. The summed E-state index contributed by atoms with van der Waals surface area (Å²) in [7, 11) is 1.61. The number of amides is 1. The van der Waals surface area contributed by atoms with E-state index in [1.807, 2.05) is 25.1 Å². The Kier molecular flexibility index (Phi) is 8.49. The van der Waals surface area contributed by atoms with Crippen molar-refractivity contribution in [2.45, 2.75) is 59.0 Å². The second-order valence-corrected chi connectivity index (χ2v) is 9.79. The first-order valence-electron chi connectivity index (χ1n) is 13.0. The zero-order valence-electron chi connectivity index (χ0n) is 22.5. The van der Waals surface area contributed by atoms with Gasteiger partial charge in [-0.2, -0.15) is 0 Å². The molecule has 1 amide bonds. The molecule has 0 bridgehead atoms. The zero-order chi connectivity index (χ0) is 26.4. The van der Waals surface area contributed by atoms with E-state index in [2.05, 4.69) is 54.9 Å². The highest BCUT2D eigenvalue weighted by Gasteiger charge is 2.19. The van der Waals surface area contributed by atoms with Crippen molar-refractivity contribution in [3.8, 4) is 11.5 Å². The molecule has 6 nitrogen and oxygen atoms in total. The van der Waals surface area contributed by atoms with Crippen LogP contribution in [0.3, 0.4) is 0 Å². The molecule has 0 aliphatic rings. The topological polar surface area (TPSA) is 65.4 Å². The standard InChI is InChI=1S/C31H37N3O3/c1-21(2)26-17-12-22(3)20-29(26)37-19-9-8-18-34-28-11-7-6-10-27(28)33-30(34)23(4)32-31(35)24-13-15-25(36-5)16-14-24/h6-7,10-17,20-21,23H,8-9,18-19H2,1-5H3,(H,32,35). The maximum atomic E-state index is 12.9. The van der Waals surface area contributed by atoms with Gasteiger partial charge in [0.2, 0.25) is 0 Å². The average Bonchev–Trinajstić information content (AvgIpc) is 3.27. The first-order chi connectivity index (χ1) is 17.9. The van der Waals surface area contributed by atoms with Crippen LogP contribution >= 0.6 is 0 Å². The molecule has 1 N–H and O–H groups in total. The molecule has 1 unspecified atom stereocenters. The van der Waals surface area contributed by atoms with E-state index in [4.69, 9.17) is 14.5 Å². The lowest BCUT2D eigenvalue weighted by atomic mass is 10.0. The molecule has 1 aromatic heterocycles. The highest BCUT2D eigenvalue weighted by atomic mass is 16.5. The van der Waals surface area contributed by atoms with Crippen LogP contribution in [0.5, 0.6) is 11.5 Å². The molecule has 6 heteroatoms. The van der Waals surface area contributed by atoms with Crippen molar-refractivity contribution in [3.63, 3.8) is 0 Å². The van der Waals surface area contributed by atoms with E-state index in [0.717, 1.165) is 47.7 Å². The molecular formula is C31H37N3O3. The predicted molar refractivity (Wildman–Crippen MR) is 149 cm³/mol. The van der Waals surface area contributed by atoms with Gasteiger partial charge >= 0.3 is 0 Å². The van der Waals surface area contributed by atoms with Gasteiger partial charge in [0.05, 0.1) is 30.8 Å². The van der Waals surface area contributed by atoms with Crippen LogP contribution in [-0.2, 0) is 6.54 Å². The molecule has 1 heterocycles. The summed E-state index contributed by atoms with van der Waals surface area (Å²) in [4.78, 5) is 17.8. The number of hydrogen-bond donors (Lipinski definition) is 1. The Balaban J connectivity index is 1.42. The zero-order valence-corrected chi connectivity index (χ0v) is 22.5. The Morgan fingerprint density at radius 1 is 1.00 bits per heavy atom. The Bertz CT molecular complexity index is 1340. The van der Waals surface area contributed by atoms with Crippen molar-refractivity contribution in [2.75, 3.05) is 13.7 Å². The van der Waals surface area contributed by atoms with Crippen LogP contribution in [0, 0.1) is 6.92 Å². The minimum atomic E-state index is -0.251. The summed E-state index contributed by atoms with van der Waals surface area (Å²) < 4.78 is 13.6. The average molecular weight is 500 g/mol. The normalized spacial score (nSPS) is 12.1. The van der Waals surface area contributed by atoms with Crippen LogP contribution in [0.15, 0.2) is 66.7 Å². The number of unbranched alkanes of at least 4 members (excludes halogenated alkanes) is 1. The Morgan fingerprint density at radius 3 is 2.49 bits per heavy atom. The van der Waals surface area contributed by atoms with E-state index in [1.165, 1.54) is 11.1 Å². The monoisotopic (exact) mass is 499 g/mol. The molecule has 0 radical (unpaired) electrons. The molecule has 1 atom stereocenters. The molecular weight excluding hydrogens is 462 g/mol. The molecule has 0 aliphatic carbocycles. The number of nitrogens with one attached hydrogen (secondary N) is 1. The van der Waals surface area contributed by atoms with Crippen molar-refractivity contribution >= 4 is 16.9 Å². The van der Waals surface area contributed by atoms with Gasteiger partial charge in [0.15, 0.2) is 0 Å². The fraction of sp³-hybridized carbons (Fsp3) is 0.355. The van der Waals surface area contributed by atoms with E-state index in [9.17, 15) is 4.79 Å². The maximum absolute atomic E-state index is 12.9. The Labute approximate surface area is 219 Å². The predicted octanol–water partition coefficient (Wildman–Crippen LogP) is 6.83. The summed E-state index contributed by atoms with van der Waals surface area (Å²) in [6.45, 7) is 9.92. The van der Waals surface area contributed by atoms with E-state index < -0.39 is 0 Å². The van der Waals surface area contributed by atoms with Gasteiger partial charge in [-0.05, 0) is 86.2 Å². The number of carbonyl (C=O) groups excluding carboxylic acids is 1. The van der Waals surface area contributed by atoms with Crippen LogP contribution in [0.4, 0.5) is 0 Å². The molecule has 4 rings (SSSR count). The molecule has 0 fully saturated rings. The van der Waals surface area contributed by atoms with Crippen LogP contribution in [0.2, 0.25) is 0 Å². The van der Waals surface area contributed by atoms with Gasteiger partial charge in [-0.15, -0.1) is 0 Å². The SMILES string of the molecule is COc1ccc(C(=O)NC(C)c2nc3ccccc3n2CCCCOc2cc(C)ccc2C(C)C)cc1. The van der Waals surface area contributed by atoms with Gasteiger partial charge in [-0.25, -0.2) is 4.98 Å². The van der Waals surface area contributed by atoms with Crippen molar-refractivity contribution in [1.82, 2.24) is 14.9 Å². The summed E-state index contributed by atoms with van der Waals surface area (Å²) in [6, 6.07) is 21.4.